The van der Waals surface area contributed by atoms with E-state index >= 15 is 0 Å². The second-order valence-electron chi connectivity index (χ2n) is 4.60. The lowest BCUT2D eigenvalue weighted by Gasteiger charge is -2.31. The second-order valence-corrected chi connectivity index (χ2v) is 5.51. The number of rotatable bonds is 1. The minimum atomic E-state index is -0.179. The maximum absolute atomic E-state index is 11.6. The van der Waals surface area contributed by atoms with E-state index in [9.17, 15) is 4.79 Å². The first-order valence-corrected chi connectivity index (χ1v) is 6.51. The van der Waals surface area contributed by atoms with Crippen LogP contribution in [-0.4, -0.2) is 31.1 Å². The minimum Gasteiger partial charge on any atom is -0.465 e. The lowest BCUT2D eigenvalue weighted by atomic mass is 9.98. The smallest absolute Gasteiger partial charge is 0.338 e. The molecule has 2 bridgehead atoms. The molecule has 3 heterocycles. The SMILES string of the molecule is COC(=O)c1csc2c1CC1CCC2N1C. The van der Waals surface area contributed by atoms with E-state index in [0.717, 1.165) is 12.0 Å². The molecular weight excluding hydrogens is 222 g/mol. The van der Waals surface area contributed by atoms with Crippen LogP contribution >= 0.6 is 11.3 Å². The fraction of sp³-hybridized carbons (Fsp3) is 0.583. The quantitative estimate of drug-likeness (QED) is 0.701. The highest BCUT2D eigenvalue weighted by atomic mass is 32.1. The Labute approximate surface area is 99.0 Å². The van der Waals surface area contributed by atoms with Gasteiger partial charge in [0.2, 0.25) is 0 Å². The van der Waals surface area contributed by atoms with Crippen LogP contribution in [0, 0.1) is 0 Å². The third kappa shape index (κ3) is 1.26. The highest BCUT2D eigenvalue weighted by Gasteiger charge is 2.40. The zero-order chi connectivity index (χ0) is 11.3. The number of likely N-dealkylation sites (N-methyl/N-ethyl adjacent to an activating group) is 1. The van der Waals surface area contributed by atoms with E-state index in [2.05, 4.69) is 11.9 Å². The fourth-order valence-electron chi connectivity index (χ4n) is 2.98. The molecule has 2 aliphatic rings. The van der Waals surface area contributed by atoms with Gasteiger partial charge in [0.05, 0.1) is 12.7 Å². The molecule has 1 aromatic heterocycles. The van der Waals surface area contributed by atoms with Gasteiger partial charge in [-0.05, 0) is 31.9 Å². The van der Waals surface area contributed by atoms with Crippen molar-refractivity contribution < 1.29 is 9.53 Å². The van der Waals surface area contributed by atoms with Crippen molar-refractivity contribution in [1.82, 2.24) is 4.90 Å². The lowest BCUT2D eigenvalue weighted by Crippen LogP contribution is -2.33. The number of ether oxygens (including phenoxy) is 1. The summed E-state index contributed by atoms with van der Waals surface area (Å²) in [7, 11) is 3.65. The summed E-state index contributed by atoms with van der Waals surface area (Å²) in [5.74, 6) is -0.179. The molecule has 86 valence electrons. The maximum Gasteiger partial charge on any atom is 0.338 e. The molecule has 2 aliphatic heterocycles. The molecule has 16 heavy (non-hydrogen) atoms. The van der Waals surface area contributed by atoms with Crippen LogP contribution in [0.1, 0.15) is 39.7 Å². The van der Waals surface area contributed by atoms with Crippen LogP contribution in [-0.2, 0) is 11.2 Å². The molecule has 0 aromatic carbocycles. The van der Waals surface area contributed by atoms with E-state index in [1.165, 1.54) is 30.4 Å². The first-order chi connectivity index (χ1) is 7.72. The molecule has 0 radical (unpaired) electrons. The Kier molecular flexibility index (Phi) is 2.30. The Balaban J connectivity index is 2.05. The van der Waals surface area contributed by atoms with Crippen LogP contribution in [0.2, 0.25) is 0 Å². The Morgan fingerprint density at radius 2 is 2.38 bits per heavy atom. The standard InChI is InChI=1S/C12H15NO2S/c1-13-7-3-4-10(13)11-8(5-7)9(6-16-11)12(14)15-2/h6-7,10H,3-5H2,1-2H3. The summed E-state index contributed by atoms with van der Waals surface area (Å²) in [5, 5.41) is 1.96. The summed E-state index contributed by atoms with van der Waals surface area (Å²) in [5.41, 5.74) is 2.05. The number of carbonyl (C=O) groups is 1. The summed E-state index contributed by atoms with van der Waals surface area (Å²) >= 11 is 1.72. The van der Waals surface area contributed by atoms with Crippen LogP contribution in [0.4, 0.5) is 0 Å². The second kappa shape index (κ2) is 3.57. The van der Waals surface area contributed by atoms with Crippen LogP contribution in [0.25, 0.3) is 0 Å². The number of nitrogens with zero attached hydrogens (tertiary/aromatic N) is 1. The third-order valence-corrected chi connectivity index (χ3v) is 5.04. The molecule has 0 aliphatic carbocycles. The Bertz CT molecular complexity index is 440. The van der Waals surface area contributed by atoms with Crippen LogP contribution in [0.3, 0.4) is 0 Å². The van der Waals surface area contributed by atoms with E-state index in [4.69, 9.17) is 4.74 Å². The maximum atomic E-state index is 11.6. The van der Waals surface area contributed by atoms with Crippen molar-refractivity contribution in [2.45, 2.75) is 31.3 Å². The van der Waals surface area contributed by atoms with Crippen molar-refractivity contribution in [3.63, 3.8) is 0 Å². The lowest BCUT2D eigenvalue weighted by molar-refractivity contribution is 0.0599. The average Bonchev–Trinajstić information content (AvgIpc) is 2.79. The fourth-order valence-corrected chi connectivity index (χ4v) is 4.24. The molecule has 4 heteroatoms. The zero-order valence-corrected chi connectivity index (χ0v) is 10.3. The zero-order valence-electron chi connectivity index (χ0n) is 9.53. The number of hydrogen-bond donors (Lipinski definition) is 0. The molecular formula is C12H15NO2S. The summed E-state index contributed by atoms with van der Waals surface area (Å²) in [6, 6.07) is 1.16. The molecule has 3 rings (SSSR count). The van der Waals surface area contributed by atoms with E-state index < -0.39 is 0 Å². The van der Waals surface area contributed by atoms with Gasteiger partial charge in [0.15, 0.2) is 0 Å². The Hall–Kier alpha value is -0.870. The van der Waals surface area contributed by atoms with Gasteiger partial charge in [-0.1, -0.05) is 0 Å². The van der Waals surface area contributed by atoms with Crippen molar-refractivity contribution in [2.24, 2.45) is 0 Å². The van der Waals surface area contributed by atoms with Crippen LogP contribution in [0.5, 0.6) is 0 Å². The number of thiophene rings is 1. The van der Waals surface area contributed by atoms with Crippen LogP contribution < -0.4 is 0 Å². The van der Waals surface area contributed by atoms with Gasteiger partial charge in [-0.2, -0.15) is 0 Å². The van der Waals surface area contributed by atoms with Crippen molar-refractivity contribution in [3.8, 4) is 0 Å². The monoisotopic (exact) mass is 237 g/mol. The molecule has 2 atom stereocenters. The van der Waals surface area contributed by atoms with Crippen LogP contribution in [0.15, 0.2) is 5.38 Å². The average molecular weight is 237 g/mol. The third-order valence-electron chi connectivity index (χ3n) is 3.91. The highest BCUT2D eigenvalue weighted by molar-refractivity contribution is 7.10. The first kappa shape index (κ1) is 10.3. The number of carbonyl (C=O) groups excluding carboxylic acids is 1. The number of methoxy groups -OCH3 is 1. The van der Waals surface area contributed by atoms with Gasteiger partial charge in [-0.3, -0.25) is 4.90 Å². The number of fused-ring (bicyclic) bond motifs is 4. The number of esters is 1. The normalized spacial score (nSPS) is 27.9. The van der Waals surface area contributed by atoms with Gasteiger partial charge in [0.1, 0.15) is 0 Å². The van der Waals surface area contributed by atoms with Crippen molar-refractivity contribution in [1.29, 1.82) is 0 Å². The molecule has 1 saturated heterocycles. The Morgan fingerprint density at radius 3 is 3.12 bits per heavy atom. The van der Waals surface area contributed by atoms with Gasteiger partial charge in [-0.25, -0.2) is 4.79 Å². The predicted octanol–water partition coefficient (Wildman–Crippen LogP) is 2.23. The summed E-state index contributed by atoms with van der Waals surface area (Å²) < 4.78 is 4.83. The summed E-state index contributed by atoms with van der Waals surface area (Å²) in [6.45, 7) is 0. The summed E-state index contributed by atoms with van der Waals surface area (Å²) in [6.07, 6.45) is 3.49. The molecule has 2 unspecified atom stereocenters. The Morgan fingerprint density at radius 1 is 1.56 bits per heavy atom. The topological polar surface area (TPSA) is 29.5 Å². The van der Waals surface area contributed by atoms with Crippen molar-refractivity contribution in [2.75, 3.05) is 14.2 Å². The predicted molar refractivity (Wildman–Crippen MR) is 62.9 cm³/mol. The van der Waals surface area contributed by atoms with E-state index in [1.54, 1.807) is 11.3 Å². The molecule has 0 spiro atoms. The summed E-state index contributed by atoms with van der Waals surface area (Å²) in [4.78, 5) is 15.5. The minimum absolute atomic E-state index is 0.179. The molecule has 0 saturated carbocycles. The molecule has 3 nitrogen and oxygen atoms in total. The van der Waals surface area contributed by atoms with E-state index in [1.807, 2.05) is 5.38 Å². The van der Waals surface area contributed by atoms with Crippen molar-refractivity contribution >= 4 is 17.3 Å². The van der Waals surface area contributed by atoms with Gasteiger partial charge in [0, 0.05) is 22.3 Å². The molecule has 1 aromatic rings. The largest absolute Gasteiger partial charge is 0.465 e. The van der Waals surface area contributed by atoms with Gasteiger partial charge in [-0.15, -0.1) is 11.3 Å². The van der Waals surface area contributed by atoms with Gasteiger partial charge >= 0.3 is 5.97 Å². The number of hydrogen-bond acceptors (Lipinski definition) is 4. The van der Waals surface area contributed by atoms with Gasteiger partial charge < -0.3 is 4.74 Å². The van der Waals surface area contributed by atoms with E-state index in [0.29, 0.717) is 12.1 Å². The highest BCUT2D eigenvalue weighted by Crippen LogP contribution is 2.46. The van der Waals surface area contributed by atoms with Gasteiger partial charge in [0.25, 0.3) is 0 Å². The molecule has 1 fully saturated rings. The van der Waals surface area contributed by atoms with E-state index in [-0.39, 0.29) is 5.97 Å². The molecule has 0 N–H and O–H groups in total. The molecule has 0 amide bonds. The first-order valence-electron chi connectivity index (χ1n) is 5.63. The van der Waals surface area contributed by atoms with Crippen molar-refractivity contribution in [3.05, 3.63) is 21.4 Å².